The number of carbonyl (C=O) groups is 1. The van der Waals surface area contributed by atoms with Crippen LogP contribution >= 0.6 is 0 Å². The van der Waals surface area contributed by atoms with Crippen molar-refractivity contribution in [2.75, 3.05) is 0 Å². The zero-order chi connectivity index (χ0) is 5.86. The van der Waals surface area contributed by atoms with Crippen molar-refractivity contribution in [3.05, 3.63) is 0 Å². The maximum absolute atomic E-state index is 9.54. The van der Waals surface area contributed by atoms with E-state index in [4.69, 9.17) is 5.11 Å². The zero-order valence-electron chi connectivity index (χ0n) is 5.05. The number of rotatable bonds is 2. The molecule has 0 aliphatic heterocycles. The fourth-order valence-electron chi connectivity index (χ4n) is 0.241. The van der Waals surface area contributed by atoms with Gasteiger partial charge in [0.2, 0.25) is 0 Å². The van der Waals surface area contributed by atoms with E-state index in [-0.39, 0.29) is 36.0 Å². The maximum Gasteiger partial charge on any atom is 1.00 e. The molecule has 1 unspecified atom stereocenters. The third-order valence-electron chi connectivity index (χ3n) is 0.462. The molecule has 0 rings (SSSR count). The largest absolute Gasteiger partial charge is 1.00 e. The van der Waals surface area contributed by atoms with Gasteiger partial charge in [-0.3, -0.25) is 0 Å². The summed E-state index contributed by atoms with van der Waals surface area (Å²) in [7, 11) is 0. The Kier molecular flexibility index (Phi) is 7.83. The molecule has 0 spiro atoms. The first-order valence-corrected chi connectivity index (χ1v) is 2.01. The third kappa shape index (κ3) is 9.66. The molecule has 1 atom stereocenters. The van der Waals surface area contributed by atoms with Gasteiger partial charge in [0.15, 0.2) is 0 Å². The predicted octanol–water partition coefficient (Wildman–Crippen LogP) is -4.49. The zero-order valence-corrected chi connectivity index (χ0v) is 7.05. The van der Waals surface area contributed by atoms with E-state index in [9.17, 15) is 9.90 Å². The second-order valence-corrected chi connectivity index (χ2v) is 1.43. The summed E-state index contributed by atoms with van der Waals surface area (Å²) in [5.74, 6) is -1.21. The summed E-state index contributed by atoms with van der Waals surface area (Å²) >= 11 is 0. The molecule has 0 aliphatic rings. The summed E-state index contributed by atoms with van der Waals surface area (Å²) in [6.07, 6.45) is -1.06. The Morgan fingerprint density at radius 2 is 2.25 bits per heavy atom. The van der Waals surface area contributed by atoms with Gasteiger partial charge in [-0.1, -0.05) is 0 Å². The van der Waals surface area contributed by atoms with Gasteiger partial charge in [0.1, 0.15) is 0 Å². The molecule has 1 N–H and O–H groups in total. The van der Waals surface area contributed by atoms with Crippen molar-refractivity contribution in [3.8, 4) is 0 Å². The van der Waals surface area contributed by atoms with Gasteiger partial charge in [-0.05, 0) is 6.92 Å². The van der Waals surface area contributed by atoms with E-state index in [2.05, 4.69) is 0 Å². The van der Waals surface area contributed by atoms with Gasteiger partial charge >= 0.3 is 29.6 Å². The van der Waals surface area contributed by atoms with Crippen LogP contribution in [-0.2, 0) is 4.79 Å². The molecule has 3 nitrogen and oxygen atoms in total. The molecule has 0 aromatic carbocycles. The number of carbonyl (C=O) groups excluding carboxylic acids is 1. The Labute approximate surface area is 70.0 Å². The Hall–Kier alpha value is 0.430. The van der Waals surface area contributed by atoms with Crippen molar-refractivity contribution in [1.82, 2.24) is 0 Å². The second kappa shape index (κ2) is 5.56. The van der Waals surface area contributed by atoms with Crippen LogP contribution in [0.25, 0.3) is 0 Å². The quantitative estimate of drug-likeness (QED) is 0.300. The standard InChI is InChI=1S/C4H8O3.Na/c1-3(5)2-4(6)7;/h3,5H,2H2,1H3,(H,6,7);/q;+1/p-1/i1+1;. The first-order valence-electron chi connectivity index (χ1n) is 2.01. The van der Waals surface area contributed by atoms with Crippen molar-refractivity contribution < 1.29 is 44.6 Å². The minimum Gasteiger partial charge on any atom is -0.550 e. The second-order valence-electron chi connectivity index (χ2n) is 1.43. The van der Waals surface area contributed by atoms with Gasteiger partial charge in [-0.2, -0.15) is 0 Å². The Bertz CT molecular complexity index is 71.7. The Morgan fingerprint density at radius 3 is 2.25 bits per heavy atom. The van der Waals surface area contributed by atoms with Gasteiger partial charge in [0.25, 0.3) is 0 Å². The average molecular weight is 127 g/mol. The summed E-state index contributed by atoms with van der Waals surface area (Å²) in [5.41, 5.74) is 0. The molecule has 0 heterocycles. The predicted molar refractivity (Wildman–Crippen MR) is 21.3 cm³/mol. The fraction of sp³-hybridized carbons (Fsp3) is 0.750. The van der Waals surface area contributed by atoms with Gasteiger partial charge < -0.3 is 15.0 Å². The summed E-state index contributed by atoms with van der Waals surface area (Å²) < 4.78 is 0. The molecule has 0 aromatic rings. The number of hydrogen-bond acceptors (Lipinski definition) is 3. The van der Waals surface area contributed by atoms with Gasteiger partial charge in [0.05, 0.1) is 6.10 Å². The van der Waals surface area contributed by atoms with Gasteiger partial charge in [-0.25, -0.2) is 0 Å². The molecule has 0 bridgehead atoms. The van der Waals surface area contributed by atoms with E-state index in [1.807, 2.05) is 0 Å². The molecule has 0 amide bonds. The van der Waals surface area contributed by atoms with Crippen molar-refractivity contribution >= 4 is 5.97 Å². The SMILES string of the molecule is [13CH3]C(O)CC(=O)[O-].[Na+]. The molecular weight excluding hydrogens is 120 g/mol. The summed E-state index contributed by atoms with van der Waals surface area (Å²) in [6, 6.07) is 0. The van der Waals surface area contributed by atoms with Crippen molar-refractivity contribution in [2.24, 2.45) is 0 Å². The van der Waals surface area contributed by atoms with Crippen LogP contribution in [0.15, 0.2) is 0 Å². The first-order chi connectivity index (χ1) is 3.13. The van der Waals surface area contributed by atoms with Crippen LogP contribution in [0, 0.1) is 0 Å². The van der Waals surface area contributed by atoms with Crippen molar-refractivity contribution in [3.63, 3.8) is 0 Å². The number of carboxylic acid groups (broad SMARTS) is 1. The van der Waals surface area contributed by atoms with E-state index in [1.54, 1.807) is 0 Å². The van der Waals surface area contributed by atoms with Crippen LogP contribution in [0.1, 0.15) is 13.3 Å². The van der Waals surface area contributed by atoms with E-state index < -0.39 is 12.1 Å². The molecule has 0 radical (unpaired) electrons. The molecule has 0 fully saturated rings. The topological polar surface area (TPSA) is 60.4 Å². The van der Waals surface area contributed by atoms with E-state index in [1.165, 1.54) is 6.92 Å². The molecular formula is C4H7NaO3. The molecule has 0 aliphatic carbocycles. The summed E-state index contributed by atoms with van der Waals surface area (Å²) in [6.45, 7) is 1.40. The average Bonchev–Trinajstić information content (AvgIpc) is 1.27. The summed E-state index contributed by atoms with van der Waals surface area (Å²) in [4.78, 5) is 9.54. The van der Waals surface area contributed by atoms with Crippen molar-refractivity contribution in [1.29, 1.82) is 0 Å². The number of aliphatic hydroxyl groups is 1. The number of aliphatic carboxylic acids is 1. The Balaban J connectivity index is 0. The maximum atomic E-state index is 9.54. The molecule has 0 saturated heterocycles. The number of hydrogen-bond donors (Lipinski definition) is 1. The van der Waals surface area contributed by atoms with Crippen LogP contribution in [0.3, 0.4) is 0 Å². The van der Waals surface area contributed by atoms with Crippen LogP contribution < -0.4 is 34.7 Å². The monoisotopic (exact) mass is 127 g/mol. The fourth-order valence-corrected chi connectivity index (χ4v) is 0.241. The minimum absolute atomic E-state index is 0. The Morgan fingerprint density at radius 1 is 1.88 bits per heavy atom. The van der Waals surface area contributed by atoms with Crippen LogP contribution in [-0.4, -0.2) is 17.2 Å². The smallest absolute Gasteiger partial charge is 0.550 e. The summed E-state index contributed by atoms with van der Waals surface area (Å²) in [5, 5.41) is 17.8. The van der Waals surface area contributed by atoms with Crippen LogP contribution in [0.2, 0.25) is 0 Å². The molecule has 0 saturated carbocycles. The number of carboxylic acids is 1. The first kappa shape index (κ1) is 11.3. The molecule has 8 heavy (non-hydrogen) atoms. The third-order valence-corrected chi connectivity index (χ3v) is 0.462. The van der Waals surface area contributed by atoms with Crippen molar-refractivity contribution in [2.45, 2.75) is 19.4 Å². The van der Waals surface area contributed by atoms with E-state index in [0.717, 1.165) is 0 Å². The van der Waals surface area contributed by atoms with E-state index >= 15 is 0 Å². The van der Waals surface area contributed by atoms with Crippen LogP contribution in [0.4, 0.5) is 0 Å². The molecule has 0 aromatic heterocycles. The normalized spacial score (nSPS) is 11.8. The molecule has 42 valence electrons. The number of aliphatic hydroxyl groups excluding tert-OH is 1. The minimum atomic E-state index is -1.21. The van der Waals surface area contributed by atoms with E-state index in [0.29, 0.717) is 0 Å². The van der Waals surface area contributed by atoms with Gasteiger partial charge in [-0.15, -0.1) is 0 Å². The molecule has 4 heteroatoms. The van der Waals surface area contributed by atoms with Gasteiger partial charge in [0, 0.05) is 12.4 Å². The van der Waals surface area contributed by atoms with Crippen LogP contribution in [0.5, 0.6) is 0 Å².